The van der Waals surface area contributed by atoms with Crippen molar-refractivity contribution < 1.29 is 23.1 Å². The van der Waals surface area contributed by atoms with Gasteiger partial charge < -0.3 is 13.9 Å². The number of benzene rings is 3. The Kier molecular flexibility index (Phi) is 9.68. The van der Waals surface area contributed by atoms with Crippen LogP contribution < -0.4 is 9.47 Å². The molecule has 0 aliphatic carbocycles. The van der Waals surface area contributed by atoms with Crippen LogP contribution in [0.15, 0.2) is 72.8 Å². The molecule has 3 aromatic rings. The summed E-state index contributed by atoms with van der Waals surface area (Å²) in [5.74, 6) is 0.892. The zero-order valence-electron chi connectivity index (χ0n) is 22.8. The van der Waals surface area contributed by atoms with E-state index in [0.29, 0.717) is 42.9 Å². The van der Waals surface area contributed by atoms with Crippen molar-refractivity contribution in [2.75, 3.05) is 7.11 Å². The summed E-state index contributed by atoms with van der Waals surface area (Å²) < 4.78 is 31.7. The van der Waals surface area contributed by atoms with E-state index in [4.69, 9.17) is 13.9 Å². The number of hydrogen-bond acceptors (Lipinski definition) is 4. The van der Waals surface area contributed by atoms with Gasteiger partial charge in [-0.05, 0) is 66.4 Å². The zero-order chi connectivity index (χ0) is 27.1. The van der Waals surface area contributed by atoms with Crippen LogP contribution in [0.3, 0.4) is 0 Å². The molecule has 37 heavy (non-hydrogen) atoms. The zero-order valence-corrected chi connectivity index (χ0v) is 23.8. The summed E-state index contributed by atoms with van der Waals surface area (Å²) in [7, 11) is -0.487. The number of methoxy groups -OCH3 is 1. The smallest absolute Gasteiger partial charge is 0.192 e. The monoisotopic (exact) mass is 522 g/mol. The van der Waals surface area contributed by atoms with Crippen molar-refractivity contribution in [1.29, 1.82) is 0 Å². The van der Waals surface area contributed by atoms with Gasteiger partial charge in [-0.25, -0.2) is 4.39 Å². The highest BCUT2D eigenvalue weighted by atomic mass is 28.4. The Morgan fingerprint density at radius 3 is 2.27 bits per heavy atom. The Labute approximate surface area is 221 Å². The van der Waals surface area contributed by atoms with Gasteiger partial charge in [0.2, 0.25) is 0 Å². The maximum absolute atomic E-state index is 13.6. The van der Waals surface area contributed by atoms with Crippen LogP contribution in [-0.2, 0) is 11.0 Å². The molecule has 0 unspecified atom stereocenters. The van der Waals surface area contributed by atoms with Crippen molar-refractivity contribution in [2.24, 2.45) is 0 Å². The number of carbonyl (C=O) groups is 1. The highest BCUT2D eigenvalue weighted by molar-refractivity contribution is 6.74. The molecule has 0 saturated heterocycles. The summed E-state index contributed by atoms with van der Waals surface area (Å²) in [6, 6.07) is 21.7. The molecule has 0 heterocycles. The lowest BCUT2D eigenvalue weighted by atomic mass is 10.00. The van der Waals surface area contributed by atoms with Gasteiger partial charge in [0.25, 0.3) is 0 Å². The highest BCUT2D eigenvalue weighted by Crippen LogP contribution is 2.41. The molecule has 4 nitrogen and oxygen atoms in total. The first kappa shape index (κ1) is 28.6. The predicted octanol–water partition coefficient (Wildman–Crippen LogP) is 8.53. The summed E-state index contributed by atoms with van der Waals surface area (Å²) >= 11 is 0. The average molecular weight is 523 g/mol. The molecule has 0 aliphatic rings. The van der Waals surface area contributed by atoms with Gasteiger partial charge in [0.05, 0.1) is 18.8 Å². The minimum atomic E-state index is -2.08. The quantitative estimate of drug-likeness (QED) is 0.177. The predicted molar refractivity (Wildman–Crippen MR) is 149 cm³/mol. The second kappa shape index (κ2) is 12.5. The molecule has 0 spiro atoms. The molecule has 1 atom stereocenters. The van der Waals surface area contributed by atoms with Crippen molar-refractivity contribution in [3.8, 4) is 11.5 Å². The van der Waals surface area contributed by atoms with E-state index in [9.17, 15) is 9.18 Å². The molecule has 6 heteroatoms. The largest absolute Gasteiger partial charge is 0.497 e. The van der Waals surface area contributed by atoms with E-state index in [2.05, 4.69) is 33.9 Å². The molecule has 0 bridgehead atoms. The van der Waals surface area contributed by atoms with Crippen LogP contribution in [0, 0.1) is 5.82 Å². The normalized spacial score (nSPS) is 12.7. The molecule has 3 aromatic carbocycles. The number of hydrogen-bond donors (Lipinski definition) is 0. The van der Waals surface area contributed by atoms with E-state index in [1.807, 2.05) is 30.3 Å². The number of carbonyl (C=O) groups excluding carboxylic acids is 1. The number of ketones is 1. The first-order chi connectivity index (χ1) is 17.5. The minimum Gasteiger partial charge on any atom is -0.497 e. The highest BCUT2D eigenvalue weighted by Gasteiger charge is 2.39. The van der Waals surface area contributed by atoms with E-state index in [-0.39, 0.29) is 22.7 Å². The number of rotatable bonds is 12. The molecule has 0 N–H and O–H groups in total. The molecular formula is C31H39FO4Si. The van der Waals surface area contributed by atoms with Crippen LogP contribution >= 0.6 is 0 Å². The summed E-state index contributed by atoms with van der Waals surface area (Å²) in [6.45, 7) is 11.4. The van der Waals surface area contributed by atoms with Crippen molar-refractivity contribution >= 4 is 14.1 Å². The third-order valence-corrected chi connectivity index (χ3v) is 11.6. The third-order valence-electron chi connectivity index (χ3n) is 7.08. The maximum atomic E-state index is 13.6. The van der Waals surface area contributed by atoms with E-state index in [1.54, 1.807) is 37.4 Å². The fraction of sp³-hybridized carbons (Fsp3) is 0.387. The molecule has 0 aliphatic heterocycles. The fourth-order valence-electron chi connectivity index (χ4n) is 3.80. The van der Waals surface area contributed by atoms with Crippen molar-refractivity contribution in [1.82, 2.24) is 0 Å². The summed E-state index contributed by atoms with van der Waals surface area (Å²) in [5.41, 5.74) is 2.50. The van der Waals surface area contributed by atoms with Crippen molar-refractivity contribution in [3.05, 3.63) is 95.3 Å². The summed E-state index contributed by atoms with van der Waals surface area (Å²) in [4.78, 5) is 13.3. The van der Waals surface area contributed by atoms with E-state index in [1.165, 1.54) is 12.1 Å². The second-order valence-electron chi connectivity index (χ2n) is 10.9. The lowest BCUT2D eigenvalue weighted by Gasteiger charge is -2.39. The molecule has 0 aromatic heterocycles. The molecule has 0 amide bonds. The minimum absolute atomic E-state index is 0.0101. The number of ether oxygens (including phenoxy) is 2. The number of Topliss-reactive ketones (excluding diaryl/α,β-unsaturated/α-hetero) is 1. The van der Waals surface area contributed by atoms with Crippen molar-refractivity contribution in [2.45, 2.75) is 70.9 Å². The maximum Gasteiger partial charge on any atom is 0.192 e. The van der Waals surface area contributed by atoms with Gasteiger partial charge in [-0.1, -0.05) is 63.2 Å². The van der Waals surface area contributed by atoms with Gasteiger partial charge in [0, 0.05) is 12.5 Å². The van der Waals surface area contributed by atoms with Crippen LogP contribution in [0.5, 0.6) is 11.5 Å². The van der Waals surface area contributed by atoms with Gasteiger partial charge in [0.15, 0.2) is 14.1 Å². The first-order valence-electron chi connectivity index (χ1n) is 12.8. The fourth-order valence-corrected chi connectivity index (χ4v) is 5.12. The van der Waals surface area contributed by atoms with E-state index < -0.39 is 8.32 Å². The Morgan fingerprint density at radius 1 is 0.973 bits per heavy atom. The second-order valence-corrected chi connectivity index (χ2v) is 15.6. The van der Waals surface area contributed by atoms with Gasteiger partial charge in [-0.15, -0.1) is 0 Å². The van der Waals surface area contributed by atoms with Gasteiger partial charge in [-0.2, -0.15) is 0 Å². The Balaban J connectivity index is 1.72. The van der Waals surface area contributed by atoms with Gasteiger partial charge in [-0.3, -0.25) is 4.79 Å². The standard InChI is InChI=1S/C31H39FO4Si/c1-31(2,3)37(5,6)36-29(24-15-17-25(32)18-16-24)14-10-13-28(33)27-20-19-26(34-4)21-30(27)35-22-23-11-8-7-9-12-23/h7-9,11-12,15-21,29H,10,13-14,22H2,1-6H3/t29-/m0/s1. The van der Waals surface area contributed by atoms with Crippen LogP contribution in [0.2, 0.25) is 18.1 Å². The Hall–Kier alpha value is -2.96. The topological polar surface area (TPSA) is 44.8 Å². The molecule has 0 saturated carbocycles. The summed E-state index contributed by atoms with van der Waals surface area (Å²) in [5, 5.41) is 0.0369. The van der Waals surface area contributed by atoms with Crippen LogP contribution in [0.1, 0.15) is 67.6 Å². The first-order valence-corrected chi connectivity index (χ1v) is 15.7. The van der Waals surface area contributed by atoms with Crippen LogP contribution in [0.25, 0.3) is 0 Å². The SMILES string of the molecule is COc1ccc(C(=O)CCC[C@H](O[Si](C)(C)C(C)(C)C)c2ccc(F)cc2)c(OCc2ccccc2)c1. The number of halogens is 1. The van der Waals surface area contributed by atoms with Crippen LogP contribution in [0.4, 0.5) is 4.39 Å². The third kappa shape index (κ3) is 8.01. The summed E-state index contributed by atoms with van der Waals surface area (Å²) in [6.07, 6.45) is 1.46. The Bertz CT molecular complexity index is 1150. The molecule has 0 radical (unpaired) electrons. The van der Waals surface area contributed by atoms with Crippen molar-refractivity contribution in [3.63, 3.8) is 0 Å². The molecule has 198 valence electrons. The van der Waals surface area contributed by atoms with E-state index >= 15 is 0 Å². The molecule has 3 rings (SSSR count). The molecular weight excluding hydrogens is 483 g/mol. The van der Waals surface area contributed by atoms with E-state index in [0.717, 1.165) is 11.1 Å². The molecule has 0 fully saturated rings. The lowest BCUT2D eigenvalue weighted by Crippen LogP contribution is -2.41. The van der Waals surface area contributed by atoms with Crippen LogP contribution in [-0.4, -0.2) is 21.2 Å². The van der Waals surface area contributed by atoms with Gasteiger partial charge >= 0.3 is 0 Å². The average Bonchev–Trinajstić information content (AvgIpc) is 2.87. The lowest BCUT2D eigenvalue weighted by molar-refractivity contribution is 0.0966. The Morgan fingerprint density at radius 2 is 1.65 bits per heavy atom. The van der Waals surface area contributed by atoms with Gasteiger partial charge in [0.1, 0.15) is 23.9 Å².